The highest BCUT2D eigenvalue weighted by molar-refractivity contribution is 8.06. The molecular formula is C23H25N5O3S2. The summed E-state index contributed by atoms with van der Waals surface area (Å²) in [6.07, 6.45) is 12.2. The molecule has 0 aliphatic heterocycles. The van der Waals surface area contributed by atoms with Crippen LogP contribution in [0.3, 0.4) is 0 Å². The zero-order valence-electron chi connectivity index (χ0n) is 18.6. The lowest BCUT2D eigenvalue weighted by molar-refractivity contribution is 0.603. The van der Waals surface area contributed by atoms with Gasteiger partial charge in [-0.25, -0.2) is 22.6 Å². The van der Waals surface area contributed by atoms with Gasteiger partial charge in [-0.15, -0.1) is 0 Å². The Hall–Kier alpha value is -3.37. The summed E-state index contributed by atoms with van der Waals surface area (Å²) >= 11 is 0. The van der Waals surface area contributed by atoms with E-state index in [4.69, 9.17) is 0 Å². The first-order valence-corrected chi connectivity index (χ1v) is 13.3. The third kappa shape index (κ3) is 5.71. The fourth-order valence-corrected chi connectivity index (χ4v) is 5.61. The van der Waals surface area contributed by atoms with Crippen LogP contribution in [-0.2, 0) is 21.0 Å². The van der Waals surface area contributed by atoms with Gasteiger partial charge in [-0.05, 0) is 36.3 Å². The van der Waals surface area contributed by atoms with E-state index in [1.165, 1.54) is 18.8 Å². The molecule has 0 aliphatic rings. The predicted molar refractivity (Wildman–Crippen MR) is 136 cm³/mol. The van der Waals surface area contributed by atoms with Crippen LogP contribution in [-0.4, -0.2) is 46.1 Å². The molecule has 3 aromatic rings. The van der Waals surface area contributed by atoms with Crippen molar-refractivity contribution in [2.75, 3.05) is 21.5 Å². The SMILES string of the molecule is C=C/C=C\C(=C)C(C)Nc1ncnc2ccc(-c3cncc(N(S(C)=O)S(C)(=O)=O)c3)cc12. The molecule has 0 spiro atoms. The van der Waals surface area contributed by atoms with Crippen molar-refractivity contribution in [3.05, 3.63) is 79.9 Å². The Morgan fingerprint density at radius 1 is 1.21 bits per heavy atom. The fourth-order valence-electron chi connectivity index (χ4n) is 3.20. The maximum atomic E-state index is 12.1. The second-order valence-electron chi connectivity index (χ2n) is 7.34. The summed E-state index contributed by atoms with van der Waals surface area (Å²) in [4.78, 5) is 12.9. The zero-order chi connectivity index (χ0) is 24.2. The van der Waals surface area contributed by atoms with Crippen LogP contribution in [0.5, 0.6) is 0 Å². The largest absolute Gasteiger partial charge is 0.363 e. The number of allylic oxidation sites excluding steroid dienone is 2. The summed E-state index contributed by atoms with van der Waals surface area (Å²) in [6, 6.07) is 7.17. The van der Waals surface area contributed by atoms with Crippen molar-refractivity contribution in [3.8, 4) is 11.1 Å². The third-order valence-electron chi connectivity index (χ3n) is 4.79. The van der Waals surface area contributed by atoms with E-state index in [2.05, 4.69) is 33.4 Å². The molecule has 2 aromatic heterocycles. The fraction of sp³-hybridized carbons (Fsp3) is 0.174. The van der Waals surface area contributed by atoms with Crippen LogP contribution in [0.4, 0.5) is 11.5 Å². The molecule has 10 heteroatoms. The summed E-state index contributed by atoms with van der Waals surface area (Å²) in [6.45, 7) is 9.71. The van der Waals surface area contributed by atoms with E-state index in [0.29, 0.717) is 11.4 Å². The molecule has 0 saturated heterocycles. The van der Waals surface area contributed by atoms with Crippen molar-refractivity contribution in [1.29, 1.82) is 0 Å². The lowest BCUT2D eigenvalue weighted by atomic mass is 10.0. The average Bonchev–Trinajstić information content (AvgIpc) is 2.76. The number of fused-ring (bicyclic) bond motifs is 1. The lowest BCUT2D eigenvalue weighted by Gasteiger charge is -2.19. The smallest absolute Gasteiger partial charge is 0.243 e. The van der Waals surface area contributed by atoms with E-state index in [0.717, 1.165) is 32.0 Å². The van der Waals surface area contributed by atoms with Gasteiger partial charge in [0.15, 0.2) is 0 Å². The van der Waals surface area contributed by atoms with Crippen LogP contribution in [0.25, 0.3) is 22.0 Å². The number of hydrogen-bond acceptors (Lipinski definition) is 7. The number of aromatic nitrogens is 3. The maximum Gasteiger partial charge on any atom is 0.243 e. The molecule has 172 valence electrons. The highest BCUT2D eigenvalue weighted by Crippen LogP contribution is 2.30. The number of nitrogens with zero attached hydrogens (tertiary/aromatic N) is 4. The van der Waals surface area contributed by atoms with Gasteiger partial charge in [0.05, 0.1) is 23.7 Å². The second-order valence-corrected chi connectivity index (χ2v) is 10.6. The Morgan fingerprint density at radius 3 is 2.64 bits per heavy atom. The monoisotopic (exact) mass is 483 g/mol. The molecule has 0 amide bonds. The molecule has 33 heavy (non-hydrogen) atoms. The Bertz CT molecular complexity index is 1370. The average molecular weight is 484 g/mol. The van der Waals surface area contributed by atoms with E-state index >= 15 is 0 Å². The molecule has 0 bridgehead atoms. The highest BCUT2D eigenvalue weighted by Gasteiger charge is 2.22. The number of sulfonamides is 1. The number of hydrogen-bond donors (Lipinski definition) is 1. The van der Waals surface area contributed by atoms with E-state index < -0.39 is 21.0 Å². The normalized spacial score (nSPS) is 13.5. The van der Waals surface area contributed by atoms with Crippen molar-refractivity contribution < 1.29 is 12.6 Å². The van der Waals surface area contributed by atoms with E-state index in [1.807, 2.05) is 37.3 Å². The Morgan fingerprint density at radius 2 is 1.97 bits per heavy atom. The van der Waals surface area contributed by atoms with Crippen molar-refractivity contribution in [2.45, 2.75) is 13.0 Å². The minimum atomic E-state index is -3.74. The molecular weight excluding hydrogens is 458 g/mol. The lowest BCUT2D eigenvalue weighted by Crippen LogP contribution is -2.31. The van der Waals surface area contributed by atoms with Crippen molar-refractivity contribution in [1.82, 2.24) is 15.0 Å². The maximum absolute atomic E-state index is 12.1. The summed E-state index contributed by atoms with van der Waals surface area (Å²) in [5, 5.41) is 4.14. The van der Waals surface area contributed by atoms with Crippen LogP contribution in [0.2, 0.25) is 0 Å². The van der Waals surface area contributed by atoms with Gasteiger partial charge >= 0.3 is 0 Å². The molecule has 2 atom stereocenters. The third-order valence-corrected chi connectivity index (χ3v) is 7.73. The van der Waals surface area contributed by atoms with Gasteiger partial charge in [0.25, 0.3) is 0 Å². The van der Waals surface area contributed by atoms with Gasteiger partial charge in [-0.3, -0.25) is 4.98 Å². The van der Waals surface area contributed by atoms with Crippen LogP contribution in [0.15, 0.2) is 79.9 Å². The van der Waals surface area contributed by atoms with Gasteiger partial charge < -0.3 is 5.32 Å². The summed E-state index contributed by atoms with van der Waals surface area (Å²) in [5.74, 6) is 0.638. The standard InChI is InChI=1S/C23H25N5O3S2/c1-6-7-8-16(2)17(3)27-23-21-12-18(9-10-22(21)25-15-26-23)19-11-20(14-24-13-19)28(32(4)29)33(5,30)31/h6-15,17H,1-2H2,3-5H3,(H,25,26,27)/b8-7-. The summed E-state index contributed by atoms with van der Waals surface area (Å²) < 4.78 is 37.2. The summed E-state index contributed by atoms with van der Waals surface area (Å²) in [7, 11) is -5.52. The number of benzene rings is 1. The molecule has 1 aromatic carbocycles. The molecule has 0 aliphatic carbocycles. The van der Waals surface area contributed by atoms with Crippen LogP contribution >= 0.6 is 0 Å². The highest BCUT2D eigenvalue weighted by atomic mass is 32.3. The van der Waals surface area contributed by atoms with E-state index in [1.54, 1.807) is 18.3 Å². The second kappa shape index (κ2) is 10.1. The van der Waals surface area contributed by atoms with E-state index in [9.17, 15) is 12.6 Å². The van der Waals surface area contributed by atoms with E-state index in [-0.39, 0.29) is 11.7 Å². The van der Waals surface area contributed by atoms with Crippen molar-refractivity contribution in [3.63, 3.8) is 0 Å². The van der Waals surface area contributed by atoms with Gasteiger partial charge in [-0.1, -0.05) is 37.5 Å². The van der Waals surface area contributed by atoms with Crippen LogP contribution in [0.1, 0.15) is 6.92 Å². The Labute approximate surface area is 196 Å². The molecule has 0 radical (unpaired) electrons. The first-order valence-electron chi connectivity index (χ1n) is 9.90. The number of pyridine rings is 1. The van der Waals surface area contributed by atoms with Crippen molar-refractivity contribution in [2.24, 2.45) is 0 Å². The van der Waals surface area contributed by atoms with Crippen LogP contribution in [0, 0.1) is 0 Å². The number of nitrogens with one attached hydrogen (secondary N) is 1. The van der Waals surface area contributed by atoms with Gasteiger partial charge in [0.1, 0.15) is 23.1 Å². The minimum absolute atomic E-state index is 0.0872. The topological polar surface area (TPSA) is 105 Å². The summed E-state index contributed by atoms with van der Waals surface area (Å²) in [5.41, 5.74) is 3.27. The molecule has 2 heterocycles. The van der Waals surface area contributed by atoms with Gasteiger partial charge in [0, 0.05) is 29.4 Å². The first-order chi connectivity index (χ1) is 15.6. The Kier molecular flexibility index (Phi) is 7.39. The van der Waals surface area contributed by atoms with Gasteiger partial charge in [-0.2, -0.15) is 3.71 Å². The van der Waals surface area contributed by atoms with Crippen molar-refractivity contribution >= 4 is 43.4 Å². The molecule has 8 nitrogen and oxygen atoms in total. The quantitative estimate of drug-likeness (QED) is 0.461. The molecule has 1 N–H and O–H groups in total. The number of anilines is 2. The first kappa shape index (κ1) is 24.3. The van der Waals surface area contributed by atoms with Gasteiger partial charge in [0.2, 0.25) is 10.0 Å². The Balaban J connectivity index is 2.03. The minimum Gasteiger partial charge on any atom is -0.363 e. The molecule has 2 unspecified atom stereocenters. The zero-order valence-corrected chi connectivity index (χ0v) is 20.2. The molecule has 3 rings (SSSR count). The van der Waals surface area contributed by atoms with Crippen LogP contribution < -0.4 is 9.03 Å². The number of rotatable bonds is 9. The molecule has 0 fully saturated rings. The molecule has 0 saturated carbocycles. The predicted octanol–water partition coefficient (Wildman–Crippen LogP) is 3.85.